The summed E-state index contributed by atoms with van der Waals surface area (Å²) in [7, 11) is 0. The fraction of sp³-hybridized carbons (Fsp3) is 0.500. The summed E-state index contributed by atoms with van der Waals surface area (Å²) in [6, 6.07) is 4.09. The Balaban J connectivity index is 0.00000243. The second-order valence-electron chi connectivity index (χ2n) is 6.21. The van der Waals surface area contributed by atoms with Gasteiger partial charge >= 0.3 is 0 Å². The van der Waals surface area contributed by atoms with Gasteiger partial charge in [0.2, 0.25) is 5.91 Å². The lowest BCUT2D eigenvalue weighted by Crippen LogP contribution is -2.55. The van der Waals surface area contributed by atoms with Gasteiger partial charge in [0.25, 0.3) is 5.91 Å². The molecule has 7 nitrogen and oxygen atoms in total. The van der Waals surface area contributed by atoms with Crippen molar-refractivity contribution in [1.82, 2.24) is 26.8 Å². The van der Waals surface area contributed by atoms with E-state index in [1.54, 1.807) is 18.2 Å². The first-order valence-electron chi connectivity index (χ1n) is 8.30. The molecule has 2 fully saturated rings. The third-order valence-electron chi connectivity index (χ3n) is 4.46. The summed E-state index contributed by atoms with van der Waals surface area (Å²) in [6.45, 7) is 2.22. The van der Waals surface area contributed by atoms with E-state index < -0.39 is 18.0 Å². The van der Waals surface area contributed by atoms with Gasteiger partial charge in [-0.15, -0.1) is 12.4 Å². The molecule has 144 valence electrons. The number of rotatable bonds is 4. The van der Waals surface area contributed by atoms with Crippen molar-refractivity contribution in [3.8, 4) is 0 Å². The van der Waals surface area contributed by atoms with Crippen LogP contribution in [0, 0.1) is 0 Å². The van der Waals surface area contributed by atoms with E-state index in [2.05, 4.69) is 26.8 Å². The van der Waals surface area contributed by atoms with Crippen molar-refractivity contribution >= 4 is 47.4 Å². The largest absolute Gasteiger partial charge is 0.352 e. The monoisotopic (exact) mass is 421 g/mol. The lowest BCUT2D eigenvalue weighted by Gasteiger charge is -2.26. The van der Waals surface area contributed by atoms with Crippen molar-refractivity contribution in [2.24, 2.45) is 0 Å². The lowest BCUT2D eigenvalue weighted by atomic mass is 10.0. The summed E-state index contributed by atoms with van der Waals surface area (Å²) in [5, 5.41) is 9.70. The number of halogens is 3. The lowest BCUT2D eigenvalue weighted by molar-refractivity contribution is -0.124. The number of carbonyl (C=O) groups is 2. The Labute approximate surface area is 168 Å². The number of hydrazine groups is 1. The van der Waals surface area contributed by atoms with E-state index in [0.717, 1.165) is 25.9 Å². The molecule has 0 saturated carbocycles. The Morgan fingerprint density at radius 3 is 2.38 bits per heavy atom. The third kappa shape index (κ3) is 5.00. The topological polar surface area (TPSA) is 94.3 Å². The first kappa shape index (κ1) is 21.2. The van der Waals surface area contributed by atoms with Crippen LogP contribution in [-0.2, 0) is 4.79 Å². The average molecular weight is 423 g/mol. The number of amides is 2. The molecule has 1 aromatic carbocycles. The van der Waals surface area contributed by atoms with Gasteiger partial charge in [0, 0.05) is 12.6 Å². The molecule has 0 bridgehead atoms. The molecule has 0 aromatic heterocycles. The molecule has 2 atom stereocenters. The van der Waals surface area contributed by atoms with E-state index in [1.165, 1.54) is 0 Å². The Morgan fingerprint density at radius 2 is 1.73 bits per heavy atom. The van der Waals surface area contributed by atoms with Gasteiger partial charge in [0.1, 0.15) is 6.04 Å². The van der Waals surface area contributed by atoms with E-state index in [-0.39, 0.29) is 40.0 Å². The summed E-state index contributed by atoms with van der Waals surface area (Å²) < 4.78 is 0. The molecule has 10 heteroatoms. The number of nitrogens with one attached hydrogen (secondary N) is 5. The molecule has 0 aliphatic carbocycles. The maximum absolute atomic E-state index is 12.5. The Bertz CT molecular complexity index is 635. The molecule has 5 N–H and O–H groups in total. The van der Waals surface area contributed by atoms with Gasteiger partial charge in [-0.2, -0.15) is 0 Å². The highest BCUT2D eigenvalue weighted by Gasteiger charge is 2.35. The van der Waals surface area contributed by atoms with E-state index in [1.807, 2.05) is 0 Å². The molecule has 26 heavy (non-hydrogen) atoms. The van der Waals surface area contributed by atoms with Crippen LogP contribution in [0.4, 0.5) is 0 Å². The second-order valence-corrected chi connectivity index (χ2v) is 7.03. The molecule has 2 aliphatic rings. The predicted molar refractivity (Wildman–Crippen MR) is 104 cm³/mol. The molecule has 2 saturated heterocycles. The first-order valence-corrected chi connectivity index (χ1v) is 9.06. The van der Waals surface area contributed by atoms with Crippen LogP contribution < -0.4 is 26.8 Å². The minimum Gasteiger partial charge on any atom is -0.352 e. The molecule has 2 amide bonds. The molecule has 2 aliphatic heterocycles. The third-order valence-corrected chi connectivity index (χ3v) is 5.09. The first-order chi connectivity index (χ1) is 12.1. The van der Waals surface area contributed by atoms with E-state index in [9.17, 15) is 9.59 Å². The maximum Gasteiger partial charge on any atom is 0.254 e. The zero-order chi connectivity index (χ0) is 17.8. The van der Waals surface area contributed by atoms with Crippen LogP contribution in [0.5, 0.6) is 0 Å². The van der Waals surface area contributed by atoms with Gasteiger partial charge in [-0.3, -0.25) is 15.0 Å². The fourth-order valence-corrected chi connectivity index (χ4v) is 3.66. The minimum atomic E-state index is -0.555. The summed E-state index contributed by atoms with van der Waals surface area (Å²) in [5.74, 6) is -0.529. The SMILES string of the molecule is Cl.O=C(NC1CNNC1C(=O)NC1CCNCC1)c1c(Cl)cccc1Cl. The Kier molecular flexibility index (Phi) is 7.94. The van der Waals surface area contributed by atoms with Crippen LogP contribution >= 0.6 is 35.6 Å². The molecular weight excluding hydrogens is 401 g/mol. The van der Waals surface area contributed by atoms with Crippen LogP contribution in [-0.4, -0.2) is 49.6 Å². The quantitative estimate of drug-likeness (QED) is 0.496. The average Bonchev–Trinajstić information content (AvgIpc) is 3.04. The van der Waals surface area contributed by atoms with Crippen LogP contribution in [0.15, 0.2) is 18.2 Å². The highest BCUT2D eigenvalue weighted by atomic mass is 35.5. The summed E-state index contributed by atoms with van der Waals surface area (Å²) in [6.07, 6.45) is 1.80. The fourth-order valence-electron chi connectivity index (χ4n) is 3.09. The van der Waals surface area contributed by atoms with E-state index >= 15 is 0 Å². The second kappa shape index (κ2) is 9.73. The normalized spacial score (nSPS) is 23.2. The van der Waals surface area contributed by atoms with Gasteiger partial charge in [0.15, 0.2) is 0 Å². The zero-order valence-electron chi connectivity index (χ0n) is 14.0. The van der Waals surface area contributed by atoms with Crippen molar-refractivity contribution in [2.75, 3.05) is 19.6 Å². The number of piperidine rings is 1. The van der Waals surface area contributed by atoms with Gasteiger partial charge < -0.3 is 16.0 Å². The standard InChI is InChI=1S/C16H21Cl2N5O2.ClH/c17-10-2-1-3-11(18)13(10)15(24)22-12-8-20-23-14(12)16(25)21-9-4-6-19-7-5-9;/h1-3,9,12,14,19-20,23H,4-8H2,(H,21,25)(H,22,24);1H. The molecule has 0 spiro atoms. The molecule has 1 aromatic rings. The van der Waals surface area contributed by atoms with Crippen LogP contribution in [0.25, 0.3) is 0 Å². The van der Waals surface area contributed by atoms with Crippen molar-refractivity contribution in [1.29, 1.82) is 0 Å². The summed E-state index contributed by atoms with van der Waals surface area (Å²) in [4.78, 5) is 25.1. The number of benzene rings is 1. The highest BCUT2D eigenvalue weighted by molar-refractivity contribution is 6.39. The molecule has 2 unspecified atom stereocenters. The van der Waals surface area contributed by atoms with Gasteiger partial charge in [-0.25, -0.2) is 5.43 Å². The Morgan fingerprint density at radius 1 is 1.08 bits per heavy atom. The Hall–Kier alpha value is -1.09. The van der Waals surface area contributed by atoms with Crippen molar-refractivity contribution in [3.63, 3.8) is 0 Å². The molecular formula is C16H22Cl3N5O2. The highest BCUT2D eigenvalue weighted by Crippen LogP contribution is 2.24. The zero-order valence-corrected chi connectivity index (χ0v) is 16.3. The van der Waals surface area contributed by atoms with E-state index in [4.69, 9.17) is 23.2 Å². The smallest absolute Gasteiger partial charge is 0.254 e. The van der Waals surface area contributed by atoms with E-state index in [0.29, 0.717) is 6.54 Å². The maximum atomic E-state index is 12.5. The van der Waals surface area contributed by atoms with Crippen LogP contribution in [0.2, 0.25) is 10.0 Å². The van der Waals surface area contributed by atoms with Crippen molar-refractivity contribution in [3.05, 3.63) is 33.8 Å². The van der Waals surface area contributed by atoms with Crippen LogP contribution in [0.3, 0.4) is 0 Å². The van der Waals surface area contributed by atoms with Gasteiger partial charge in [0.05, 0.1) is 21.7 Å². The van der Waals surface area contributed by atoms with Crippen molar-refractivity contribution in [2.45, 2.75) is 31.0 Å². The van der Waals surface area contributed by atoms with Crippen LogP contribution in [0.1, 0.15) is 23.2 Å². The summed E-state index contributed by atoms with van der Waals surface area (Å²) >= 11 is 12.2. The van der Waals surface area contributed by atoms with Gasteiger partial charge in [-0.1, -0.05) is 29.3 Å². The molecule has 3 rings (SSSR count). The summed E-state index contributed by atoms with van der Waals surface area (Å²) in [5.41, 5.74) is 6.06. The molecule has 2 heterocycles. The van der Waals surface area contributed by atoms with Crippen molar-refractivity contribution < 1.29 is 9.59 Å². The molecule has 0 radical (unpaired) electrons. The number of hydrogen-bond donors (Lipinski definition) is 5. The number of carbonyl (C=O) groups excluding carboxylic acids is 2. The minimum absolute atomic E-state index is 0. The van der Waals surface area contributed by atoms with Gasteiger partial charge in [-0.05, 0) is 38.1 Å². The number of hydrogen-bond acceptors (Lipinski definition) is 5. The predicted octanol–water partition coefficient (Wildman–Crippen LogP) is 0.858.